The third-order valence-corrected chi connectivity index (χ3v) is 5.13. The van der Waals surface area contributed by atoms with Crippen molar-refractivity contribution < 1.29 is 4.74 Å². The van der Waals surface area contributed by atoms with E-state index < -0.39 is 0 Å². The van der Waals surface area contributed by atoms with E-state index in [0.717, 1.165) is 17.8 Å². The fourth-order valence-electron chi connectivity index (χ4n) is 2.77. The number of hydrogen-bond acceptors (Lipinski definition) is 2. The zero-order valence-corrected chi connectivity index (χ0v) is 9.80. The maximum Gasteiger partial charge on any atom is 0.0875 e. The van der Waals surface area contributed by atoms with Crippen molar-refractivity contribution in [1.29, 1.82) is 0 Å². The molecule has 1 aromatic carbocycles. The summed E-state index contributed by atoms with van der Waals surface area (Å²) in [5.41, 5.74) is 1.43. The Balaban J connectivity index is 2.03. The van der Waals surface area contributed by atoms with Gasteiger partial charge >= 0.3 is 0 Å². The van der Waals surface area contributed by atoms with Gasteiger partial charge in [-0.15, -0.1) is 11.8 Å². The maximum atomic E-state index is 5.90. The summed E-state index contributed by atoms with van der Waals surface area (Å²) >= 11 is 2.05. The average Bonchev–Trinajstić information content (AvgIpc) is 2.77. The molecule has 0 N–H and O–H groups in total. The van der Waals surface area contributed by atoms with Crippen LogP contribution in [0.3, 0.4) is 0 Å². The van der Waals surface area contributed by atoms with E-state index in [0.29, 0.717) is 6.10 Å². The topological polar surface area (TPSA) is 9.23 Å². The van der Waals surface area contributed by atoms with Gasteiger partial charge in [-0.3, -0.25) is 0 Å². The molecule has 0 saturated carbocycles. The fourth-order valence-corrected chi connectivity index (χ4v) is 4.19. The molecule has 1 nitrogen and oxygen atoms in total. The van der Waals surface area contributed by atoms with E-state index in [4.69, 9.17) is 4.74 Å². The highest BCUT2D eigenvalue weighted by Gasteiger charge is 2.40. The highest BCUT2D eigenvalue weighted by molar-refractivity contribution is 8.00. The molecule has 1 fully saturated rings. The van der Waals surface area contributed by atoms with Gasteiger partial charge in [-0.25, -0.2) is 0 Å². The lowest BCUT2D eigenvalue weighted by atomic mass is 9.90. The summed E-state index contributed by atoms with van der Waals surface area (Å²) in [5.74, 6) is 0.745. The molecule has 0 aliphatic carbocycles. The van der Waals surface area contributed by atoms with E-state index in [-0.39, 0.29) is 0 Å². The number of thioether (sulfide) groups is 1. The molecule has 0 amide bonds. The molecule has 80 valence electrons. The molecule has 0 unspecified atom stereocenters. The van der Waals surface area contributed by atoms with Crippen molar-refractivity contribution in [3.8, 4) is 0 Å². The Morgan fingerprint density at radius 3 is 3.13 bits per heavy atom. The largest absolute Gasteiger partial charge is 0.373 e. The van der Waals surface area contributed by atoms with Crippen LogP contribution in [-0.2, 0) is 4.74 Å². The van der Waals surface area contributed by atoms with Gasteiger partial charge in [0.05, 0.1) is 6.10 Å². The van der Waals surface area contributed by atoms with Crippen LogP contribution in [0, 0.1) is 5.92 Å². The molecule has 15 heavy (non-hydrogen) atoms. The Morgan fingerprint density at radius 1 is 1.40 bits per heavy atom. The Labute approximate surface area is 95.2 Å². The number of rotatable bonds is 1. The monoisotopic (exact) mass is 220 g/mol. The standard InChI is InChI=1S/C13H16OS/c1-2-11-10-7-8-14-13(10)9-5-3-4-6-12(9)15-11/h3-6,10-11,13H,2,7-8H2,1H3/t10-,11+,13+/m1/s1. The first-order valence-corrected chi connectivity index (χ1v) is 6.65. The van der Waals surface area contributed by atoms with E-state index in [1.54, 1.807) is 0 Å². The lowest BCUT2D eigenvalue weighted by molar-refractivity contribution is 0.0859. The van der Waals surface area contributed by atoms with E-state index in [9.17, 15) is 0 Å². The molecule has 0 radical (unpaired) electrons. The zero-order chi connectivity index (χ0) is 10.3. The van der Waals surface area contributed by atoms with E-state index in [1.807, 2.05) is 0 Å². The minimum absolute atomic E-state index is 0.382. The Hall–Kier alpha value is -0.470. The van der Waals surface area contributed by atoms with Gasteiger partial charge in [0.15, 0.2) is 0 Å². The van der Waals surface area contributed by atoms with Gasteiger partial charge < -0.3 is 4.74 Å². The Morgan fingerprint density at radius 2 is 2.27 bits per heavy atom. The summed E-state index contributed by atoms with van der Waals surface area (Å²) in [6, 6.07) is 8.73. The summed E-state index contributed by atoms with van der Waals surface area (Å²) in [6.45, 7) is 3.24. The van der Waals surface area contributed by atoms with Crippen LogP contribution in [-0.4, -0.2) is 11.9 Å². The average molecular weight is 220 g/mol. The second-order valence-corrected chi connectivity index (χ2v) is 5.63. The molecule has 3 rings (SSSR count). The summed E-state index contributed by atoms with van der Waals surface area (Å²) < 4.78 is 5.90. The van der Waals surface area contributed by atoms with Crippen LogP contribution in [0.2, 0.25) is 0 Å². The van der Waals surface area contributed by atoms with E-state index in [1.165, 1.54) is 23.3 Å². The zero-order valence-electron chi connectivity index (χ0n) is 8.98. The molecule has 2 aliphatic heterocycles. The van der Waals surface area contributed by atoms with E-state index in [2.05, 4.69) is 43.0 Å². The van der Waals surface area contributed by atoms with Gasteiger partial charge in [-0.2, -0.15) is 0 Å². The van der Waals surface area contributed by atoms with Crippen LogP contribution in [0.5, 0.6) is 0 Å². The van der Waals surface area contributed by atoms with Crippen LogP contribution in [0.15, 0.2) is 29.2 Å². The minimum atomic E-state index is 0.382. The Kier molecular flexibility index (Phi) is 2.49. The summed E-state index contributed by atoms with van der Waals surface area (Å²) in [4.78, 5) is 1.44. The van der Waals surface area contributed by atoms with Crippen LogP contribution in [0.1, 0.15) is 31.4 Å². The second-order valence-electron chi connectivity index (χ2n) is 4.35. The third kappa shape index (κ3) is 1.51. The smallest absolute Gasteiger partial charge is 0.0875 e. The lowest BCUT2D eigenvalue weighted by Gasteiger charge is -2.33. The van der Waals surface area contributed by atoms with Crippen LogP contribution < -0.4 is 0 Å². The van der Waals surface area contributed by atoms with Crippen molar-refractivity contribution in [1.82, 2.24) is 0 Å². The van der Waals surface area contributed by atoms with Gasteiger partial charge in [0, 0.05) is 22.7 Å². The predicted molar refractivity (Wildman–Crippen MR) is 63.2 cm³/mol. The van der Waals surface area contributed by atoms with E-state index >= 15 is 0 Å². The van der Waals surface area contributed by atoms with Gasteiger partial charge in [-0.05, 0) is 24.5 Å². The maximum absolute atomic E-state index is 5.90. The van der Waals surface area contributed by atoms with Crippen molar-refractivity contribution >= 4 is 11.8 Å². The van der Waals surface area contributed by atoms with Crippen molar-refractivity contribution in [2.75, 3.05) is 6.61 Å². The Bertz CT molecular complexity index is 363. The summed E-state index contributed by atoms with van der Waals surface area (Å²) in [7, 11) is 0. The lowest BCUT2D eigenvalue weighted by Crippen LogP contribution is -2.24. The molecule has 0 spiro atoms. The molecule has 1 aromatic rings. The summed E-state index contributed by atoms with van der Waals surface area (Å²) in [5, 5.41) is 0.757. The normalized spacial score (nSPS) is 33.5. The van der Waals surface area contributed by atoms with Crippen LogP contribution >= 0.6 is 11.8 Å². The highest BCUT2D eigenvalue weighted by Crippen LogP contribution is 2.50. The SMILES string of the molecule is CC[C@@H]1Sc2ccccc2[C@@H]2OCC[C@H]12. The number of benzene rings is 1. The number of hydrogen-bond donors (Lipinski definition) is 0. The third-order valence-electron chi connectivity index (χ3n) is 3.52. The van der Waals surface area contributed by atoms with Crippen LogP contribution in [0.25, 0.3) is 0 Å². The molecule has 2 heteroatoms. The summed E-state index contributed by atoms with van der Waals surface area (Å²) in [6.07, 6.45) is 2.88. The minimum Gasteiger partial charge on any atom is -0.373 e. The number of ether oxygens (including phenoxy) is 1. The fraction of sp³-hybridized carbons (Fsp3) is 0.538. The molecule has 0 aromatic heterocycles. The molecule has 1 saturated heterocycles. The number of fused-ring (bicyclic) bond motifs is 3. The molecule has 0 bridgehead atoms. The van der Waals surface area contributed by atoms with Crippen molar-refractivity contribution in [3.63, 3.8) is 0 Å². The predicted octanol–water partition coefficient (Wildman–Crippen LogP) is 3.65. The highest BCUT2D eigenvalue weighted by atomic mass is 32.2. The quantitative estimate of drug-likeness (QED) is 0.714. The van der Waals surface area contributed by atoms with Gasteiger partial charge in [-0.1, -0.05) is 25.1 Å². The first-order chi connectivity index (χ1) is 7.40. The van der Waals surface area contributed by atoms with Gasteiger partial charge in [0.25, 0.3) is 0 Å². The van der Waals surface area contributed by atoms with Gasteiger partial charge in [0.2, 0.25) is 0 Å². The van der Waals surface area contributed by atoms with Gasteiger partial charge in [0.1, 0.15) is 0 Å². The molecular weight excluding hydrogens is 204 g/mol. The van der Waals surface area contributed by atoms with Crippen molar-refractivity contribution in [3.05, 3.63) is 29.8 Å². The first kappa shape index (κ1) is 9.73. The molecule has 2 heterocycles. The van der Waals surface area contributed by atoms with Crippen LogP contribution in [0.4, 0.5) is 0 Å². The van der Waals surface area contributed by atoms with Crippen molar-refractivity contribution in [2.45, 2.75) is 36.0 Å². The second kappa shape index (κ2) is 3.84. The molecular formula is C13H16OS. The molecule has 3 atom stereocenters. The first-order valence-electron chi connectivity index (χ1n) is 5.77. The van der Waals surface area contributed by atoms with Crippen molar-refractivity contribution in [2.24, 2.45) is 5.92 Å². The molecule has 2 aliphatic rings.